The summed E-state index contributed by atoms with van der Waals surface area (Å²) < 4.78 is 11.0. The van der Waals surface area contributed by atoms with Crippen LogP contribution >= 0.6 is 12.2 Å². The second kappa shape index (κ2) is 9.00. The number of rotatable bonds is 7. The van der Waals surface area contributed by atoms with Gasteiger partial charge in [-0.05, 0) is 62.5 Å². The maximum Gasteiger partial charge on any atom is 0.170 e. The normalized spacial score (nSPS) is 10.0. The van der Waals surface area contributed by atoms with Crippen LogP contribution in [0.4, 0.5) is 5.69 Å². The highest BCUT2D eigenvalue weighted by molar-refractivity contribution is 7.80. The van der Waals surface area contributed by atoms with E-state index < -0.39 is 0 Å². The Labute approximate surface area is 142 Å². The molecule has 0 spiro atoms. The zero-order valence-corrected chi connectivity index (χ0v) is 14.3. The lowest BCUT2D eigenvalue weighted by Gasteiger charge is -2.12. The van der Waals surface area contributed by atoms with Gasteiger partial charge in [0.05, 0.1) is 13.2 Å². The van der Waals surface area contributed by atoms with Gasteiger partial charge in [0.1, 0.15) is 18.1 Å². The van der Waals surface area contributed by atoms with E-state index in [4.69, 9.17) is 21.7 Å². The van der Waals surface area contributed by atoms with Crippen molar-refractivity contribution >= 4 is 23.0 Å². The Morgan fingerprint density at radius 3 is 2.17 bits per heavy atom. The third-order valence-electron chi connectivity index (χ3n) is 3.10. The molecule has 0 amide bonds. The number of aryl methyl sites for hydroxylation is 1. The third-order valence-corrected chi connectivity index (χ3v) is 3.35. The lowest BCUT2D eigenvalue weighted by molar-refractivity contribution is 0.319. The molecule has 0 aliphatic carbocycles. The molecule has 122 valence electrons. The molecule has 2 aromatic carbocycles. The van der Waals surface area contributed by atoms with E-state index in [1.165, 1.54) is 5.56 Å². The molecule has 0 unspecified atom stereocenters. The molecule has 0 fully saturated rings. The molecule has 0 aliphatic heterocycles. The lowest BCUT2D eigenvalue weighted by atomic mass is 10.2. The van der Waals surface area contributed by atoms with Gasteiger partial charge in [-0.15, -0.1) is 0 Å². The summed E-state index contributed by atoms with van der Waals surface area (Å²) in [4.78, 5) is 0. The van der Waals surface area contributed by atoms with Crippen molar-refractivity contribution < 1.29 is 9.47 Å². The van der Waals surface area contributed by atoms with Gasteiger partial charge in [-0.1, -0.05) is 17.7 Å². The minimum absolute atomic E-state index is 0.531. The molecule has 0 saturated heterocycles. The summed E-state index contributed by atoms with van der Waals surface area (Å²) in [6, 6.07) is 15.7. The fourth-order valence-electron chi connectivity index (χ4n) is 1.94. The number of hydrogen-bond donors (Lipinski definition) is 2. The second-order valence-electron chi connectivity index (χ2n) is 5.00. The Balaban J connectivity index is 1.66. The fraction of sp³-hybridized carbons (Fsp3) is 0.278. The topological polar surface area (TPSA) is 42.5 Å². The molecule has 0 atom stereocenters. The van der Waals surface area contributed by atoms with Crippen molar-refractivity contribution in [1.29, 1.82) is 0 Å². The molecule has 0 bridgehead atoms. The molecular formula is C18H22N2O2S. The number of thiocarbonyl (C=S) groups is 1. The Bertz CT molecular complexity index is 612. The Morgan fingerprint density at radius 2 is 1.57 bits per heavy atom. The zero-order valence-electron chi connectivity index (χ0n) is 13.5. The summed E-state index contributed by atoms with van der Waals surface area (Å²) in [5.74, 6) is 1.66. The van der Waals surface area contributed by atoms with Crippen molar-refractivity contribution in [3.05, 3.63) is 54.1 Å². The van der Waals surface area contributed by atoms with Crippen LogP contribution < -0.4 is 20.1 Å². The van der Waals surface area contributed by atoms with Gasteiger partial charge in [0.2, 0.25) is 0 Å². The Hall–Kier alpha value is -2.27. The predicted molar refractivity (Wildman–Crippen MR) is 98.5 cm³/mol. The van der Waals surface area contributed by atoms with E-state index >= 15 is 0 Å². The van der Waals surface area contributed by atoms with E-state index in [0.717, 1.165) is 17.2 Å². The first-order valence-electron chi connectivity index (χ1n) is 7.64. The van der Waals surface area contributed by atoms with Crippen molar-refractivity contribution in [1.82, 2.24) is 5.32 Å². The van der Waals surface area contributed by atoms with Crippen LogP contribution in [-0.2, 0) is 0 Å². The van der Waals surface area contributed by atoms with Crippen LogP contribution in [0.25, 0.3) is 0 Å². The molecule has 2 rings (SSSR count). The van der Waals surface area contributed by atoms with Crippen molar-refractivity contribution in [3.63, 3.8) is 0 Å². The first kappa shape index (κ1) is 17.1. The summed E-state index contributed by atoms with van der Waals surface area (Å²) in [6.45, 7) is 5.84. The molecule has 0 heterocycles. The minimum atomic E-state index is 0.531. The summed E-state index contributed by atoms with van der Waals surface area (Å²) in [5, 5.41) is 6.84. The molecule has 4 nitrogen and oxygen atoms in total. The van der Waals surface area contributed by atoms with E-state index in [0.29, 0.717) is 24.9 Å². The SMILES string of the molecule is CCOc1ccc(OCCNC(=S)Nc2ccc(C)cc2)cc1. The van der Waals surface area contributed by atoms with Crippen LogP contribution in [0.5, 0.6) is 11.5 Å². The summed E-state index contributed by atoms with van der Waals surface area (Å²) >= 11 is 5.25. The van der Waals surface area contributed by atoms with Gasteiger partial charge in [-0.3, -0.25) is 0 Å². The van der Waals surface area contributed by atoms with Crippen molar-refractivity contribution in [2.75, 3.05) is 25.1 Å². The van der Waals surface area contributed by atoms with E-state index in [1.807, 2.05) is 55.5 Å². The molecule has 0 aliphatic rings. The monoisotopic (exact) mass is 330 g/mol. The van der Waals surface area contributed by atoms with E-state index in [-0.39, 0.29) is 0 Å². The first-order chi connectivity index (χ1) is 11.2. The number of benzene rings is 2. The Morgan fingerprint density at radius 1 is 0.957 bits per heavy atom. The largest absolute Gasteiger partial charge is 0.494 e. The lowest BCUT2D eigenvalue weighted by Crippen LogP contribution is -2.31. The van der Waals surface area contributed by atoms with Gasteiger partial charge in [0, 0.05) is 5.69 Å². The molecule has 5 heteroatoms. The molecular weight excluding hydrogens is 308 g/mol. The van der Waals surface area contributed by atoms with Gasteiger partial charge in [-0.2, -0.15) is 0 Å². The quantitative estimate of drug-likeness (QED) is 0.598. The standard InChI is InChI=1S/C18H22N2O2S/c1-3-21-16-8-10-17(11-9-16)22-13-12-19-18(23)20-15-6-4-14(2)5-7-15/h4-11H,3,12-13H2,1-2H3,(H2,19,20,23). The van der Waals surface area contributed by atoms with Gasteiger partial charge in [-0.25, -0.2) is 0 Å². The molecule has 2 aromatic rings. The minimum Gasteiger partial charge on any atom is -0.494 e. The molecule has 0 radical (unpaired) electrons. The van der Waals surface area contributed by atoms with Gasteiger partial charge in [0.25, 0.3) is 0 Å². The average Bonchev–Trinajstić information content (AvgIpc) is 2.55. The second-order valence-corrected chi connectivity index (χ2v) is 5.41. The van der Waals surface area contributed by atoms with Crippen molar-refractivity contribution in [3.8, 4) is 11.5 Å². The number of anilines is 1. The summed E-state index contributed by atoms with van der Waals surface area (Å²) in [5.41, 5.74) is 2.19. The highest BCUT2D eigenvalue weighted by Gasteiger charge is 1.99. The van der Waals surface area contributed by atoms with Gasteiger partial charge in [0.15, 0.2) is 5.11 Å². The van der Waals surface area contributed by atoms with Crippen molar-refractivity contribution in [2.24, 2.45) is 0 Å². The van der Waals surface area contributed by atoms with Crippen LogP contribution in [-0.4, -0.2) is 24.9 Å². The van der Waals surface area contributed by atoms with Gasteiger partial charge < -0.3 is 20.1 Å². The summed E-state index contributed by atoms with van der Waals surface area (Å²) in [7, 11) is 0. The van der Waals surface area contributed by atoms with E-state index in [9.17, 15) is 0 Å². The molecule has 0 saturated carbocycles. The highest BCUT2D eigenvalue weighted by atomic mass is 32.1. The van der Waals surface area contributed by atoms with Crippen LogP contribution in [0.15, 0.2) is 48.5 Å². The van der Waals surface area contributed by atoms with E-state index in [2.05, 4.69) is 17.6 Å². The average molecular weight is 330 g/mol. The smallest absolute Gasteiger partial charge is 0.170 e. The zero-order chi connectivity index (χ0) is 16.5. The van der Waals surface area contributed by atoms with Gasteiger partial charge >= 0.3 is 0 Å². The Kier molecular flexibility index (Phi) is 6.69. The number of ether oxygens (including phenoxy) is 2. The van der Waals surface area contributed by atoms with Crippen LogP contribution in [0, 0.1) is 6.92 Å². The highest BCUT2D eigenvalue weighted by Crippen LogP contribution is 2.17. The fourth-order valence-corrected chi connectivity index (χ4v) is 2.16. The molecule has 23 heavy (non-hydrogen) atoms. The first-order valence-corrected chi connectivity index (χ1v) is 8.05. The summed E-state index contributed by atoms with van der Waals surface area (Å²) in [6.07, 6.45) is 0. The van der Waals surface area contributed by atoms with E-state index in [1.54, 1.807) is 0 Å². The third kappa shape index (κ3) is 6.16. The van der Waals surface area contributed by atoms with Crippen LogP contribution in [0.1, 0.15) is 12.5 Å². The predicted octanol–water partition coefficient (Wildman–Crippen LogP) is 3.76. The maximum absolute atomic E-state index is 5.65. The van der Waals surface area contributed by atoms with Crippen LogP contribution in [0.3, 0.4) is 0 Å². The number of hydrogen-bond acceptors (Lipinski definition) is 3. The molecule has 2 N–H and O–H groups in total. The number of nitrogens with one attached hydrogen (secondary N) is 2. The maximum atomic E-state index is 5.65. The molecule has 0 aromatic heterocycles. The van der Waals surface area contributed by atoms with Crippen molar-refractivity contribution in [2.45, 2.75) is 13.8 Å². The van der Waals surface area contributed by atoms with Crippen LogP contribution in [0.2, 0.25) is 0 Å².